The van der Waals surface area contributed by atoms with Crippen molar-refractivity contribution in [2.24, 2.45) is 0 Å². The molecule has 0 N–H and O–H groups in total. The lowest BCUT2D eigenvalue weighted by atomic mass is 10.0. The van der Waals surface area contributed by atoms with Gasteiger partial charge in [-0.15, -0.1) is 0 Å². The normalized spacial score (nSPS) is 13.2. The van der Waals surface area contributed by atoms with Gasteiger partial charge in [0.25, 0.3) is 11.8 Å². The predicted molar refractivity (Wildman–Crippen MR) is 87.3 cm³/mol. The molecule has 1 aliphatic heterocycles. The van der Waals surface area contributed by atoms with E-state index in [0.29, 0.717) is 11.5 Å². The molecule has 2 aromatic carbocycles. The standard InChI is InChI=1S/C19H17NO4/c1-12-9-13(2)11-14(10-12)7-8-17(21)24-20-18(22)15-5-3-4-6-16(15)19(20)23/h3-6,9-11H,7-8H2,1-2H3. The average molecular weight is 323 g/mol. The number of fused-ring (bicyclic) bond motifs is 1. The molecule has 0 fully saturated rings. The average Bonchev–Trinajstić information content (AvgIpc) is 2.78. The molecule has 24 heavy (non-hydrogen) atoms. The van der Waals surface area contributed by atoms with Crippen molar-refractivity contribution in [1.82, 2.24) is 5.06 Å². The number of carbonyl (C=O) groups excluding carboxylic acids is 3. The van der Waals surface area contributed by atoms with Crippen LogP contribution in [0.5, 0.6) is 0 Å². The van der Waals surface area contributed by atoms with Gasteiger partial charge in [-0.2, -0.15) is 0 Å². The lowest BCUT2D eigenvalue weighted by molar-refractivity contribution is -0.168. The molecule has 1 heterocycles. The van der Waals surface area contributed by atoms with E-state index in [9.17, 15) is 14.4 Å². The Morgan fingerprint density at radius 1 is 0.958 bits per heavy atom. The molecule has 0 unspecified atom stereocenters. The van der Waals surface area contributed by atoms with Gasteiger partial charge < -0.3 is 4.84 Å². The topological polar surface area (TPSA) is 63.7 Å². The highest BCUT2D eigenvalue weighted by atomic mass is 16.7. The van der Waals surface area contributed by atoms with Crippen LogP contribution in [0, 0.1) is 13.8 Å². The second-order valence-electron chi connectivity index (χ2n) is 5.91. The van der Waals surface area contributed by atoms with Gasteiger partial charge in [0, 0.05) is 0 Å². The van der Waals surface area contributed by atoms with E-state index >= 15 is 0 Å². The number of imide groups is 1. The van der Waals surface area contributed by atoms with Gasteiger partial charge >= 0.3 is 5.97 Å². The van der Waals surface area contributed by atoms with Gasteiger partial charge in [0.05, 0.1) is 17.5 Å². The molecule has 0 saturated carbocycles. The summed E-state index contributed by atoms with van der Waals surface area (Å²) in [6.07, 6.45) is 0.584. The van der Waals surface area contributed by atoms with Gasteiger partial charge in [-0.3, -0.25) is 9.59 Å². The van der Waals surface area contributed by atoms with E-state index in [-0.39, 0.29) is 17.5 Å². The first kappa shape index (κ1) is 15.9. The molecular formula is C19H17NO4. The third-order valence-corrected chi connectivity index (χ3v) is 3.85. The highest BCUT2D eigenvalue weighted by Gasteiger charge is 2.38. The quantitative estimate of drug-likeness (QED) is 0.812. The summed E-state index contributed by atoms with van der Waals surface area (Å²) in [5, 5.41) is 0.550. The maximum absolute atomic E-state index is 12.1. The highest BCUT2D eigenvalue weighted by Crippen LogP contribution is 2.23. The maximum atomic E-state index is 12.1. The predicted octanol–water partition coefficient (Wildman–Crippen LogP) is 2.99. The fraction of sp³-hybridized carbons (Fsp3) is 0.211. The molecule has 0 aliphatic carbocycles. The zero-order valence-corrected chi connectivity index (χ0v) is 13.5. The van der Waals surface area contributed by atoms with E-state index in [1.165, 1.54) is 0 Å². The number of benzene rings is 2. The Hall–Kier alpha value is -2.95. The third-order valence-electron chi connectivity index (χ3n) is 3.85. The zero-order valence-electron chi connectivity index (χ0n) is 13.5. The molecule has 0 atom stereocenters. The van der Waals surface area contributed by atoms with Crippen LogP contribution in [0.4, 0.5) is 0 Å². The summed E-state index contributed by atoms with van der Waals surface area (Å²) in [5.74, 6) is -1.81. The van der Waals surface area contributed by atoms with Crippen LogP contribution in [0.15, 0.2) is 42.5 Å². The lowest BCUT2D eigenvalue weighted by Crippen LogP contribution is -2.32. The molecular weight excluding hydrogens is 306 g/mol. The lowest BCUT2D eigenvalue weighted by Gasteiger charge is -2.12. The number of hydroxylamine groups is 2. The van der Waals surface area contributed by atoms with Crippen molar-refractivity contribution in [3.8, 4) is 0 Å². The first-order valence-electron chi connectivity index (χ1n) is 7.71. The Labute approximate surface area is 139 Å². The van der Waals surface area contributed by atoms with Crippen molar-refractivity contribution < 1.29 is 19.2 Å². The van der Waals surface area contributed by atoms with Crippen molar-refractivity contribution >= 4 is 17.8 Å². The second-order valence-corrected chi connectivity index (χ2v) is 5.91. The Bertz CT molecular complexity index is 786. The highest BCUT2D eigenvalue weighted by molar-refractivity contribution is 6.20. The van der Waals surface area contributed by atoms with Gasteiger partial charge in [-0.25, -0.2) is 4.79 Å². The van der Waals surface area contributed by atoms with Gasteiger partial charge in [-0.05, 0) is 38.0 Å². The first-order chi connectivity index (χ1) is 11.5. The number of hydrogen-bond donors (Lipinski definition) is 0. The summed E-state index contributed by atoms with van der Waals surface area (Å²) < 4.78 is 0. The number of nitrogens with zero attached hydrogens (tertiary/aromatic N) is 1. The van der Waals surface area contributed by atoms with Crippen LogP contribution >= 0.6 is 0 Å². The van der Waals surface area contributed by atoms with Crippen molar-refractivity contribution in [2.45, 2.75) is 26.7 Å². The van der Waals surface area contributed by atoms with Crippen LogP contribution in [-0.4, -0.2) is 22.8 Å². The summed E-state index contributed by atoms with van der Waals surface area (Å²) in [6.45, 7) is 3.99. The van der Waals surface area contributed by atoms with Crippen LogP contribution in [0.25, 0.3) is 0 Å². The summed E-state index contributed by atoms with van der Waals surface area (Å²) in [6, 6.07) is 12.5. The van der Waals surface area contributed by atoms with Crippen LogP contribution in [0.3, 0.4) is 0 Å². The van der Waals surface area contributed by atoms with Gasteiger partial charge in [0.2, 0.25) is 0 Å². The van der Waals surface area contributed by atoms with E-state index in [4.69, 9.17) is 4.84 Å². The Kier molecular flexibility index (Phi) is 4.16. The third kappa shape index (κ3) is 3.06. The molecule has 5 nitrogen and oxygen atoms in total. The molecule has 0 spiro atoms. The summed E-state index contributed by atoms with van der Waals surface area (Å²) >= 11 is 0. The van der Waals surface area contributed by atoms with Crippen LogP contribution in [0.1, 0.15) is 43.8 Å². The van der Waals surface area contributed by atoms with E-state index in [1.807, 2.05) is 26.0 Å². The number of aryl methyl sites for hydroxylation is 3. The Morgan fingerprint density at radius 3 is 2.04 bits per heavy atom. The van der Waals surface area contributed by atoms with Gasteiger partial charge in [0.15, 0.2) is 0 Å². The van der Waals surface area contributed by atoms with Crippen LogP contribution in [-0.2, 0) is 16.1 Å². The molecule has 2 aromatic rings. The molecule has 1 aliphatic rings. The van der Waals surface area contributed by atoms with Crippen molar-refractivity contribution in [1.29, 1.82) is 0 Å². The number of hydrogen-bond acceptors (Lipinski definition) is 4. The zero-order chi connectivity index (χ0) is 17.3. The maximum Gasteiger partial charge on any atom is 0.333 e. The summed E-state index contributed by atoms with van der Waals surface area (Å²) in [7, 11) is 0. The van der Waals surface area contributed by atoms with Crippen molar-refractivity contribution in [3.63, 3.8) is 0 Å². The van der Waals surface area contributed by atoms with Gasteiger partial charge in [0.1, 0.15) is 0 Å². The van der Waals surface area contributed by atoms with E-state index < -0.39 is 17.8 Å². The molecule has 2 amide bonds. The fourth-order valence-electron chi connectivity index (χ4n) is 2.86. The van der Waals surface area contributed by atoms with Crippen molar-refractivity contribution in [2.75, 3.05) is 0 Å². The molecule has 3 rings (SSSR count). The Balaban J connectivity index is 1.64. The number of amides is 2. The molecule has 0 aromatic heterocycles. The largest absolute Gasteiger partial charge is 0.333 e. The molecule has 0 bridgehead atoms. The molecule has 0 radical (unpaired) electrons. The molecule has 5 heteroatoms. The first-order valence-corrected chi connectivity index (χ1v) is 7.71. The van der Waals surface area contributed by atoms with Crippen molar-refractivity contribution in [3.05, 3.63) is 70.3 Å². The van der Waals surface area contributed by atoms with Gasteiger partial charge in [-0.1, -0.05) is 46.5 Å². The fourth-order valence-corrected chi connectivity index (χ4v) is 2.86. The van der Waals surface area contributed by atoms with E-state index in [1.54, 1.807) is 24.3 Å². The van der Waals surface area contributed by atoms with Crippen LogP contribution in [0.2, 0.25) is 0 Å². The SMILES string of the molecule is Cc1cc(C)cc(CCC(=O)ON2C(=O)c3ccccc3C2=O)c1. The summed E-state index contributed by atoms with van der Waals surface area (Å²) in [5.41, 5.74) is 3.78. The van der Waals surface area contributed by atoms with E-state index in [2.05, 4.69) is 6.07 Å². The molecule has 122 valence electrons. The number of carbonyl (C=O) groups is 3. The number of rotatable bonds is 4. The summed E-state index contributed by atoms with van der Waals surface area (Å²) in [4.78, 5) is 41.3. The minimum atomic E-state index is -0.608. The van der Waals surface area contributed by atoms with E-state index in [0.717, 1.165) is 16.7 Å². The second kappa shape index (κ2) is 6.28. The minimum absolute atomic E-state index is 0.0936. The van der Waals surface area contributed by atoms with Crippen LogP contribution < -0.4 is 0 Å². The monoisotopic (exact) mass is 323 g/mol. The smallest absolute Gasteiger partial charge is 0.330 e. The minimum Gasteiger partial charge on any atom is -0.330 e. The Morgan fingerprint density at radius 2 is 1.50 bits per heavy atom. The molecule has 0 saturated heterocycles.